The van der Waals surface area contributed by atoms with E-state index in [1.807, 2.05) is 11.3 Å². The molecule has 1 N–H and O–H groups in total. The fraction of sp³-hybridized carbons (Fsp3) is 0.812. The van der Waals surface area contributed by atoms with Crippen LogP contribution in [0.4, 0.5) is 5.13 Å². The van der Waals surface area contributed by atoms with Crippen molar-refractivity contribution in [3.8, 4) is 0 Å². The maximum absolute atomic E-state index is 4.88. The molecular formula is C16H27N3S. The smallest absolute Gasteiger partial charge is 0.185 e. The van der Waals surface area contributed by atoms with Crippen molar-refractivity contribution in [1.29, 1.82) is 0 Å². The lowest BCUT2D eigenvalue weighted by molar-refractivity contribution is 0.362. The van der Waals surface area contributed by atoms with Crippen LogP contribution < -0.4 is 10.2 Å². The van der Waals surface area contributed by atoms with E-state index in [0.717, 1.165) is 18.5 Å². The highest BCUT2D eigenvalue weighted by atomic mass is 32.1. The summed E-state index contributed by atoms with van der Waals surface area (Å²) in [4.78, 5) is 7.48. The number of nitrogens with one attached hydrogen (secondary N) is 1. The number of thiazole rings is 1. The molecule has 2 aliphatic rings. The Labute approximate surface area is 126 Å². The molecular weight excluding hydrogens is 266 g/mol. The normalized spacial score (nSPS) is 26.9. The van der Waals surface area contributed by atoms with E-state index in [4.69, 9.17) is 4.98 Å². The molecule has 3 rings (SSSR count). The van der Waals surface area contributed by atoms with Crippen molar-refractivity contribution >= 4 is 16.5 Å². The minimum Gasteiger partial charge on any atom is -0.345 e. The Morgan fingerprint density at radius 2 is 2.10 bits per heavy atom. The first-order valence-corrected chi connectivity index (χ1v) is 8.87. The van der Waals surface area contributed by atoms with Gasteiger partial charge in [0.1, 0.15) is 0 Å². The molecule has 3 nitrogen and oxygen atoms in total. The third-order valence-corrected chi connectivity index (χ3v) is 5.50. The molecule has 1 aliphatic heterocycles. The van der Waals surface area contributed by atoms with Crippen LogP contribution in [0.2, 0.25) is 0 Å². The van der Waals surface area contributed by atoms with Crippen LogP contribution in [-0.2, 0) is 6.54 Å². The van der Waals surface area contributed by atoms with Gasteiger partial charge in [0, 0.05) is 30.1 Å². The molecule has 1 aromatic heterocycles. The Morgan fingerprint density at radius 3 is 2.90 bits per heavy atom. The number of hydrogen-bond acceptors (Lipinski definition) is 4. The highest BCUT2D eigenvalue weighted by Gasteiger charge is 2.36. The molecule has 4 heteroatoms. The van der Waals surface area contributed by atoms with Gasteiger partial charge in [0.05, 0.1) is 5.69 Å². The Kier molecular flexibility index (Phi) is 4.04. The lowest BCUT2D eigenvalue weighted by Crippen LogP contribution is -2.42. The van der Waals surface area contributed by atoms with E-state index in [1.165, 1.54) is 49.5 Å². The van der Waals surface area contributed by atoms with Gasteiger partial charge in [0.15, 0.2) is 5.13 Å². The van der Waals surface area contributed by atoms with Crippen molar-refractivity contribution < 1.29 is 0 Å². The van der Waals surface area contributed by atoms with Gasteiger partial charge in [-0.05, 0) is 52.4 Å². The molecule has 20 heavy (non-hydrogen) atoms. The Morgan fingerprint density at radius 1 is 1.30 bits per heavy atom. The van der Waals surface area contributed by atoms with Crippen LogP contribution in [0.5, 0.6) is 0 Å². The third kappa shape index (κ3) is 3.17. The Hall–Kier alpha value is -0.610. The average molecular weight is 293 g/mol. The zero-order chi connectivity index (χ0) is 14.2. The largest absolute Gasteiger partial charge is 0.345 e. The summed E-state index contributed by atoms with van der Waals surface area (Å²) >= 11 is 1.83. The maximum Gasteiger partial charge on any atom is 0.185 e. The van der Waals surface area contributed by atoms with E-state index in [9.17, 15) is 0 Å². The molecule has 2 fully saturated rings. The Bertz CT molecular complexity index is 449. The van der Waals surface area contributed by atoms with Crippen LogP contribution in [0.25, 0.3) is 0 Å². The van der Waals surface area contributed by atoms with E-state index in [1.54, 1.807) is 0 Å². The van der Waals surface area contributed by atoms with Gasteiger partial charge in [0.2, 0.25) is 0 Å². The minimum absolute atomic E-state index is 0.158. The first-order valence-electron chi connectivity index (χ1n) is 7.99. The predicted octanol–water partition coefficient (Wildman–Crippen LogP) is 3.80. The number of hydrogen-bond donors (Lipinski definition) is 1. The first-order chi connectivity index (χ1) is 9.53. The second-order valence-electron chi connectivity index (χ2n) is 7.32. The molecule has 1 aliphatic carbocycles. The molecule has 2 heterocycles. The summed E-state index contributed by atoms with van der Waals surface area (Å²) in [7, 11) is 0. The Balaban J connectivity index is 1.66. The van der Waals surface area contributed by atoms with Crippen LogP contribution >= 0.6 is 11.3 Å². The summed E-state index contributed by atoms with van der Waals surface area (Å²) in [5.74, 6) is 0.934. The number of fused-ring (bicyclic) bond motifs is 1. The second kappa shape index (κ2) is 5.64. The average Bonchev–Trinajstić information content (AvgIpc) is 3.04. The molecule has 2 atom stereocenters. The van der Waals surface area contributed by atoms with Gasteiger partial charge < -0.3 is 10.2 Å². The highest BCUT2D eigenvalue weighted by molar-refractivity contribution is 7.13. The zero-order valence-corrected chi connectivity index (χ0v) is 13.8. The number of aromatic nitrogens is 1. The number of rotatable bonds is 3. The fourth-order valence-electron chi connectivity index (χ4n) is 3.56. The summed E-state index contributed by atoms with van der Waals surface area (Å²) < 4.78 is 0. The van der Waals surface area contributed by atoms with E-state index in [-0.39, 0.29) is 5.54 Å². The number of nitrogens with zero attached hydrogens (tertiary/aromatic N) is 2. The summed E-state index contributed by atoms with van der Waals surface area (Å²) in [6, 6.07) is 0.776. The van der Waals surface area contributed by atoms with Crippen molar-refractivity contribution in [2.75, 3.05) is 11.4 Å². The van der Waals surface area contributed by atoms with Gasteiger partial charge >= 0.3 is 0 Å². The SMILES string of the molecule is CC(C)(C)NCc1csc(N2CCCC3CCCC32)n1. The van der Waals surface area contributed by atoms with Gasteiger partial charge in [-0.2, -0.15) is 0 Å². The van der Waals surface area contributed by atoms with Crippen molar-refractivity contribution in [3.63, 3.8) is 0 Å². The zero-order valence-electron chi connectivity index (χ0n) is 13.0. The highest BCUT2D eigenvalue weighted by Crippen LogP contribution is 2.39. The lowest BCUT2D eigenvalue weighted by atomic mass is 9.92. The van der Waals surface area contributed by atoms with E-state index in [0.29, 0.717) is 0 Å². The molecule has 0 aromatic carbocycles. The topological polar surface area (TPSA) is 28.2 Å². The van der Waals surface area contributed by atoms with Crippen LogP contribution in [-0.4, -0.2) is 23.1 Å². The molecule has 2 unspecified atom stereocenters. The summed E-state index contributed by atoms with van der Waals surface area (Å²) in [5.41, 5.74) is 1.35. The molecule has 1 aromatic rings. The monoisotopic (exact) mass is 293 g/mol. The number of piperidine rings is 1. The third-order valence-electron chi connectivity index (χ3n) is 4.58. The van der Waals surface area contributed by atoms with Gasteiger partial charge in [-0.25, -0.2) is 4.98 Å². The molecule has 0 bridgehead atoms. The van der Waals surface area contributed by atoms with Crippen LogP contribution in [0.3, 0.4) is 0 Å². The van der Waals surface area contributed by atoms with Crippen LogP contribution in [0.1, 0.15) is 58.6 Å². The lowest BCUT2D eigenvalue weighted by Gasteiger charge is -2.37. The van der Waals surface area contributed by atoms with Gasteiger partial charge in [-0.3, -0.25) is 0 Å². The molecule has 0 spiro atoms. The second-order valence-corrected chi connectivity index (χ2v) is 8.16. The standard InChI is InChI=1S/C16H27N3S/c1-16(2,3)17-10-13-11-20-15(18-13)19-9-5-7-12-6-4-8-14(12)19/h11-12,14,17H,4-10H2,1-3H3. The quantitative estimate of drug-likeness (QED) is 0.919. The first kappa shape index (κ1) is 14.3. The fourth-order valence-corrected chi connectivity index (χ4v) is 4.47. The minimum atomic E-state index is 0.158. The molecule has 1 saturated heterocycles. The summed E-state index contributed by atoms with van der Waals surface area (Å²) in [6.45, 7) is 8.69. The predicted molar refractivity (Wildman–Crippen MR) is 86.4 cm³/mol. The van der Waals surface area contributed by atoms with Gasteiger partial charge in [-0.1, -0.05) is 6.42 Å². The van der Waals surface area contributed by atoms with Gasteiger partial charge in [-0.15, -0.1) is 11.3 Å². The van der Waals surface area contributed by atoms with E-state index < -0.39 is 0 Å². The van der Waals surface area contributed by atoms with E-state index in [2.05, 4.69) is 36.4 Å². The van der Waals surface area contributed by atoms with Crippen LogP contribution in [0, 0.1) is 5.92 Å². The maximum atomic E-state index is 4.88. The summed E-state index contributed by atoms with van der Waals surface area (Å²) in [5, 5.41) is 7.01. The van der Waals surface area contributed by atoms with Crippen molar-refractivity contribution in [2.24, 2.45) is 5.92 Å². The molecule has 0 radical (unpaired) electrons. The van der Waals surface area contributed by atoms with Crippen LogP contribution in [0.15, 0.2) is 5.38 Å². The number of anilines is 1. The van der Waals surface area contributed by atoms with E-state index >= 15 is 0 Å². The van der Waals surface area contributed by atoms with Crippen molar-refractivity contribution in [2.45, 2.75) is 71.0 Å². The van der Waals surface area contributed by atoms with Gasteiger partial charge in [0.25, 0.3) is 0 Å². The summed E-state index contributed by atoms with van der Waals surface area (Å²) in [6.07, 6.45) is 7.00. The molecule has 112 valence electrons. The molecule has 1 saturated carbocycles. The van der Waals surface area contributed by atoms with Crippen molar-refractivity contribution in [3.05, 3.63) is 11.1 Å². The van der Waals surface area contributed by atoms with Crippen molar-refractivity contribution in [1.82, 2.24) is 10.3 Å². The molecule has 0 amide bonds.